The summed E-state index contributed by atoms with van der Waals surface area (Å²) in [5.41, 5.74) is 0. The quantitative estimate of drug-likeness (QED) is 0.577. The summed E-state index contributed by atoms with van der Waals surface area (Å²) in [4.78, 5) is 13.3. The van der Waals surface area contributed by atoms with Gasteiger partial charge in [0.15, 0.2) is 0 Å². The molecule has 0 aromatic rings. The van der Waals surface area contributed by atoms with E-state index in [1.165, 1.54) is 6.42 Å². The Morgan fingerprint density at radius 1 is 1.54 bits per heavy atom. The number of carbonyl (C=O) groups is 1. The van der Waals surface area contributed by atoms with E-state index in [2.05, 4.69) is 12.2 Å². The van der Waals surface area contributed by atoms with E-state index >= 15 is 0 Å². The van der Waals surface area contributed by atoms with Crippen molar-refractivity contribution in [1.29, 1.82) is 0 Å². The third-order valence-corrected chi connectivity index (χ3v) is 2.77. The Morgan fingerprint density at radius 2 is 2.38 bits per heavy atom. The van der Waals surface area contributed by atoms with Crippen LogP contribution in [-0.2, 0) is 4.74 Å². The van der Waals surface area contributed by atoms with Crippen LogP contribution in [0.5, 0.6) is 0 Å². The van der Waals surface area contributed by atoms with Gasteiger partial charge in [-0.15, -0.1) is 0 Å². The number of carbonyl (C=O) groups excluding carboxylic acids is 1. The van der Waals surface area contributed by atoms with Gasteiger partial charge in [0.25, 0.3) is 0 Å². The first-order valence-electron chi connectivity index (χ1n) is 4.93. The minimum atomic E-state index is -0.151. The molecule has 72 valence electrons. The average molecular weight is 181 g/mol. The number of nitrogens with zero attached hydrogens (tertiary/aromatic N) is 1. The molecule has 1 aliphatic carbocycles. The maximum absolute atomic E-state index is 11.5. The molecule has 2 bridgehead atoms. The van der Waals surface area contributed by atoms with Crippen molar-refractivity contribution in [1.82, 2.24) is 4.90 Å². The summed E-state index contributed by atoms with van der Waals surface area (Å²) in [6, 6.07) is 0.295. The zero-order valence-corrected chi connectivity index (χ0v) is 7.90. The van der Waals surface area contributed by atoms with Gasteiger partial charge in [0.2, 0.25) is 0 Å². The second-order valence-electron chi connectivity index (χ2n) is 3.64. The van der Waals surface area contributed by atoms with Crippen molar-refractivity contribution in [2.45, 2.75) is 25.8 Å². The smallest absolute Gasteiger partial charge is 0.410 e. The van der Waals surface area contributed by atoms with Gasteiger partial charge in [-0.05, 0) is 25.7 Å². The van der Waals surface area contributed by atoms with Crippen LogP contribution < -0.4 is 0 Å². The maximum Gasteiger partial charge on any atom is 0.410 e. The lowest BCUT2D eigenvalue weighted by molar-refractivity contribution is 0.0740. The average Bonchev–Trinajstić information content (AvgIpc) is 2.20. The molecule has 1 fully saturated rings. The summed E-state index contributed by atoms with van der Waals surface area (Å²) >= 11 is 0. The third-order valence-electron chi connectivity index (χ3n) is 2.77. The summed E-state index contributed by atoms with van der Waals surface area (Å²) in [6.45, 7) is 3.16. The molecule has 13 heavy (non-hydrogen) atoms. The maximum atomic E-state index is 11.5. The molecule has 1 amide bonds. The summed E-state index contributed by atoms with van der Waals surface area (Å²) < 4.78 is 4.99. The predicted octanol–water partition coefficient (Wildman–Crippen LogP) is 1.79. The molecule has 2 heterocycles. The minimum Gasteiger partial charge on any atom is -0.450 e. The molecule has 2 atom stereocenters. The summed E-state index contributed by atoms with van der Waals surface area (Å²) in [6.07, 6.45) is 6.52. The van der Waals surface area contributed by atoms with Crippen molar-refractivity contribution >= 4 is 6.09 Å². The standard InChI is InChI=1S/C10H15NO2/c1-2-13-10(12)11-7-8-3-5-9(11)6-4-8/h3,5,8-9H,2,4,6-7H2,1H3/t8-,9+/m0/s1. The molecule has 0 radical (unpaired) electrons. The number of hydrogen-bond donors (Lipinski definition) is 0. The first-order valence-corrected chi connectivity index (χ1v) is 4.93. The largest absolute Gasteiger partial charge is 0.450 e. The van der Waals surface area contributed by atoms with Crippen molar-refractivity contribution in [3.63, 3.8) is 0 Å². The number of hydrogen-bond acceptors (Lipinski definition) is 2. The Labute approximate surface area is 78.4 Å². The Morgan fingerprint density at radius 3 is 2.85 bits per heavy atom. The van der Waals surface area contributed by atoms with Gasteiger partial charge in [-0.1, -0.05) is 12.2 Å². The molecular weight excluding hydrogens is 166 g/mol. The SMILES string of the molecule is CCOC(=O)N1C[C@H]2C=C[C@@H]1CC2. The number of fused-ring (bicyclic) bond motifs is 2. The van der Waals surface area contributed by atoms with Crippen molar-refractivity contribution < 1.29 is 9.53 Å². The highest BCUT2D eigenvalue weighted by atomic mass is 16.6. The highest BCUT2D eigenvalue weighted by Crippen LogP contribution is 2.29. The number of rotatable bonds is 1. The number of amides is 1. The van der Waals surface area contributed by atoms with E-state index in [0.717, 1.165) is 13.0 Å². The van der Waals surface area contributed by atoms with Crippen LogP contribution in [0.3, 0.4) is 0 Å². The van der Waals surface area contributed by atoms with Gasteiger partial charge in [0.1, 0.15) is 0 Å². The second kappa shape index (κ2) is 3.40. The lowest BCUT2D eigenvalue weighted by Crippen LogP contribution is -2.48. The molecule has 2 aliphatic heterocycles. The minimum absolute atomic E-state index is 0.151. The fourth-order valence-electron chi connectivity index (χ4n) is 2.08. The summed E-state index contributed by atoms with van der Waals surface area (Å²) in [5, 5.41) is 0. The lowest BCUT2D eigenvalue weighted by Gasteiger charge is -2.40. The predicted molar refractivity (Wildman–Crippen MR) is 49.4 cm³/mol. The van der Waals surface area contributed by atoms with E-state index in [9.17, 15) is 4.79 Å². The zero-order valence-electron chi connectivity index (χ0n) is 7.90. The molecule has 1 saturated heterocycles. The van der Waals surface area contributed by atoms with Crippen LogP contribution in [0.2, 0.25) is 0 Å². The number of piperidine rings is 1. The van der Waals surface area contributed by atoms with Crippen molar-refractivity contribution in [3.8, 4) is 0 Å². The van der Waals surface area contributed by atoms with Crippen LogP contribution in [0.25, 0.3) is 0 Å². The molecule has 0 unspecified atom stereocenters. The highest BCUT2D eigenvalue weighted by Gasteiger charge is 2.33. The summed E-state index contributed by atoms with van der Waals surface area (Å²) in [7, 11) is 0. The molecule has 3 nitrogen and oxygen atoms in total. The first-order chi connectivity index (χ1) is 6.31. The van der Waals surface area contributed by atoms with Gasteiger partial charge in [-0.25, -0.2) is 4.79 Å². The molecule has 3 heteroatoms. The Bertz CT molecular complexity index is 237. The fourth-order valence-corrected chi connectivity index (χ4v) is 2.08. The Kier molecular flexibility index (Phi) is 2.25. The molecule has 0 aromatic carbocycles. The van der Waals surface area contributed by atoms with E-state index in [4.69, 9.17) is 4.74 Å². The second-order valence-corrected chi connectivity index (χ2v) is 3.64. The van der Waals surface area contributed by atoms with Gasteiger partial charge >= 0.3 is 6.09 Å². The van der Waals surface area contributed by atoms with E-state index in [1.54, 1.807) is 0 Å². The van der Waals surface area contributed by atoms with Gasteiger partial charge in [-0.3, -0.25) is 0 Å². The van der Waals surface area contributed by atoms with Crippen LogP contribution in [0, 0.1) is 5.92 Å². The molecule has 0 saturated carbocycles. The van der Waals surface area contributed by atoms with E-state index in [0.29, 0.717) is 18.6 Å². The molecule has 0 N–H and O–H groups in total. The zero-order chi connectivity index (χ0) is 9.26. The molecule has 3 aliphatic rings. The van der Waals surface area contributed by atoms with E-state index in [-0.39, 0.29) is 6.09 Å². The first kappa shape index (κ1) is 8.60. The van der Waals surface area contributed by atoms with Crippen LogP contribution >= 0.6 is 0 Å². The topological polar surface area (TPSA) is 29.5 Å². The lowest BCUT2D eigenvalue weighted by atomic mass is 9.86. The van der Waals surface area contributed by atoms with Crippen LogP contribution in [0.15, 0.2) is 12.2 Å². The van der Waals surface area contributed by atoms with Crippen LogP contribution in [-0.4, -0.2) is 30.2 Å². The highest BCUT2D eigenvalue weighted by molar-refractivity contribution is 5.68. The van der Waals surface area contributed by atoms with E-state index < -0.39 is 0 Å². The summed E-state index contributed by atoms with van der Waals surface area (Å²) in [5.74, 6) is 0.564. The number of ether oxygens (including phenoxy) is 1. The Balaban J connectivity index is 2.02. The van der Waals surface area contributed by atoms with E-state index in [1.807, 2.05) is 11.8 Å². The molecule has 0 aromatic heterocycles. The fraction of sp³-hybridized carbons (Fsp3) is 0.700. The Hall–Kier alpha value is -0.990. The normalized spacial score (nSPS) is 30.7. The monoisotopic (exact) mass is 181 g/mol. The molecule has 0 spiro atoms. The van der Waals surface area contributed by atoms with Gasteiger partial charge in [0, 0.05) is 6.54 Å². The van der Waals surface area contributed by atoms with Gasteiger partial charge < -0.3 is 9.64 Å². The van der Waals surface area contributed by atoms with Crippen molar-refractivity contribution in [2.75, 3.05) is 13.2 Å². The van der Waals surface area contributed by atoms with Crippen molar-refractivity contribution in [3.05, 3.63) is 12.2 Å². The van der Waals surface area contributed by atoms with Crippen LogP contribution in [0.1, 0.15) is 19.8 Å². The van der Waals surface area contributed by atoms with Gasteiger partial charge in [0.05, 0.1) is 12.6 Å². The van der Waals surface area contributed by atoms with Gasteiger partial charge in [-0.2, -0.15) is 0 Å². The molecular formula is C10H15NO2. The van der Waals surface area contributed by atoms with Crippen LogP contribution in [0.4, 0.5) is 4.79 Å². The molecule has 3 rings (SSSR count). The van der Waals surface area contributed by atoms with Crippen molar-refractivity contribution in [2.24, 2.45) is 5.92 Å². The third kappa shape index (κ3) is 1.55.